The maximum atomic E-state index is 2.40. The summed E-state index contributed by atoms with van der Waals surface area (Å²) in [6.45, 7) is 2.38. The molecule has 0 fully saturated rings. The van der Waals surface area contributed by atoms with Gasteiger partial charge in [-0.3, -0.25) is 0 Å². The second-order valence-electron chi connectivity index (χ2n) is 14.3. The summed E-state index contributed by atoms with van der Waals surface area (Å²) < 4.78 is 0. The Hall–Kier alpha value is -6.70. The summed E-state index contributed by atoms with van der Waals surface area (Å²) >= 11 is 0. The van der Waals surface area contributed by atoms with Crippen LogP contribution in [0.1, 0.15) is 23.6 Å². The van der Waals surface area contributed by atoms with Crippen LogP contribution in [0, 0.1) is 0 Å². The van der Waals surface area contributed by atoms with Gasteiger partial charge in [0.2, 0.25) is 0 Å². The lowest BCUT2D eigenvalue weighted by molar-refractivity contribution is 0.714. The third-order valence-electron chi connectivity index (χ3n) is 11.3. The van der Waals surface area contributed by atoms with Crippen LogP contribution in [0.2, 0.25) is 0 Å². The summed E-state index contributed by atoms with van der Waals surface area (Å²) in [4.78, 5) is 2.40. The van der Waals surface area contributed by atoms with Gasteiger partial charge in [0.1, 0.15) is 0 Å². The molecule has 1 nitrogen and oxygen atoms in total. The highest BCUT2D eigenvalue weighted by Crippen LogP contribution is 2.55. The first-order valence-electron chi connectivity index (χ1n) is 18.4. The first-order chi connectivity index (χ1) is 26.2. The second-order valence-corrected chi connectivity index (χ2v) is 14.3. The van der Waals surface area contributed by atoms with Gasteiger partial charge in [-0.1, -0.05) is 170 Å². The zero-order valence-corrected chi connectivity index (χ0v) is 29.6. The largest absolute Gasteiger partial charge is 0.310 e. The molecule has 9 aromatic rings. The quantitative estimate of drug-likeness (QED) is 0.170. The lowest BCUT2D eigenvalue weighted by Crippen LogP contribution is -2.22. The molecule has 9 aromatic carbocycles. The molecule has 0 saturated heterocycles. The molecule has 53 heavy (non-hydrogen) atoms. The minimum Gasteiger partial charge on any atom is -0.310 e. The molecule has 0 spiro atoms. The number of fused-ring (bicyclic) bond motifs is 5. The molecule has 1 atom stereocenters. The Morgan fingerprint density at radius 2 is 0.943 bits per heavy atom. The van der Waals surface area contributed by atoms with Crippen molar-refractivity contribution in [1.82, 2.24) is 0 Å². The van der Waals surface area contributed by atoms with Crippen LogP contribution in [0.5, 0.6) is 0 Å². The fraction of sp³-hybridized carbons (Fsp3) is 0.0385. The SMILES string of the molecule is CC1(c2ccccc2)c2ccccc2-c2c(-c3ccc(N(c4ccc(-c5ccc6ccccc6c5)cc4)c4cccc5ccccc45)cc3)cccc21. The number of benzene rings is 9. The number of anilines is 3. The molecule has 1 aliphatic carbocycles. The van der Waals surface area contributed by atoms with Gasteiger partial charge in [-0.25, -0.2) is 0 Å². The van der Waals surface area contributed by atoms with Crippen LogP contribution in [-0.4, -0.2) is 0 Å². The van der Waals surface area contributed by atoms with Crippen LogP contribution in [0.25, 0.3) is 54.9 Å². The van der Waals surface area contributed by atoms with Crippen molar-refractivity contribution in [3.63, 3.8) is 0 Å². The zero-order chi connectivity index (χ0) is 35.4. The Labute approximate surface area is 311 Å². The molecule has 1 aliphatic rings. The van der Waals surface area contributed by atoms with E-state index in [0.717, 1.165) is 17.1 Å². The average Bonchev–Trinajstić information content (AvgIpc) is 3.50. The fourth-order valence-corrected chi connectivity index (χ4v) is 8.66. The molecular formula is C52H37N. The van der Waals surface area contributed by atoms with Crippen molar-refractivity contribution in [3.8, 4) is 33.4 Å². The minimum atomic E-state index is -0.229. The molecule has 10 rings (SSSR count). The van der Waals surface area contributed by atoms with Crippen LogP contribution >= 0.6 is 0 Å². The van der Waals surface area contributed by atoms with Gasteiger partial charge in [0.25, 0.3) is 0 Å². The highest BCUT2D eigenvalue weighted by atomic mass is 15.1. The molecule has 0 aliphatic heterocycles. The Balaban J connectivity index is 1.08. The Morgan fingerprint density at radius 3 is 1.74 bits per heavy atom. The number of hydrogen-bond acceptors (Lipinski definition) is 1. The van der Waals surface area contributed by atoms with E-state index in [4.69, 9.17) is 0 Å². The van der Waals surface area contributed by atoms with E-state index in [1.54, 1.807) is 0 Å². The van der Waals surface area contributed by atoms with E-state index < -0.39 is 0 Å². The van der Waals surface area contributed by atoms with Gasteiger partial charge >= 0.3 is 0 Å². The van der Waals surface area contributed by atoms with Crippen molar-refractivity contribution < 1.29 is 0 Å². The monoisotopic (exact) mass is 675 g/mol. The highest BCUT2D eigenvalue weighted by Gasteiger charge is 2.41. The van der Waals surface area contributed by atoms with Gasteiger partial charge in [-0.15, -0.1) is 0 Å². The van der Waals surface area contributed by atoms with Crippen LogP contribution < -0.4 is 4.90 Å². The summed E-state index contributed by atoms with van der Waals surface area (Å²) in [7, 11) is 0. The summed E-state index contributed by atoms with van der Waals surface area (Å²) in [6, 6.07) is 75.5. The predicted molar refractivity (Wildman–Crippen MR) is 224 cm³/mol. The van der Waals surface area contributed by atoms with E-state index in [9.17, 15) is 0 Å². The molecule has 1 unspecified atom stereocenters. The predicted octanol–water partition coefficient (Wildman–Crippen LogP) is 14.1. The van der Waals surface area contributed by atoms with Crippen molar-refractivity contribution in [2.24, 2.45) is 0 Å². The van der Waals surface area contributed by atoms with Gasteiger partial charge < -0.3 is 4.90 Å². The standard InChI is InChI=1S/C52H37N/c1-52(42-17-3-2-4-18-42)48-22-10-9-20-47(48)51-46(21-12-23-49(51)52)39-29-33-44(34-30-39)53(50-24-11-16-38-14-7-8-19-45(38)50)43-31-27-37(28-32-43)41-26-25-36-13-5-6-15-40(36)35-41/h2-35H,1H3. The number of hydrogen-bond donors (Lipinski definition) is 0. The van der Waals surface area contributed by atoms with E-state index in [1.807, 2.05) is 0 Å². The third kappa shape index (κ3) is 5.08. The summed E-state index contributed by atoms with van der Waals surface area (Å²) in [5.41, 5.74) is 14.7. The Bertz CT molecular complexity index is 2770. The molecule has 0 amide bonds. The third-order valence-corrected chi connectivity index (χ3v) is 11.3. The van der Waals surface area contributed by atoms with E-state index in [0.29, 0.717) is 0 Å². The Kier molecular flexibility index (Phi) is 7.33. The van der Waals surface area contributed by atoms with Crippen molar-refractivity contribution in [3.05, 3.63) is 223 Å². The minimum absolute atomic E-state index is 0.229. The maximum absolute atomic E-state index is 2.40. The van der Waals surface area contributed by atoms with Gasteiger partial charge in [0, 0.05) is 22.2 Å². The van der Waals surface area contributed by atoms with Crippen molar-refractivity contribution in [2.75, 3.05) is 4.90 Å². The van der Waals surface area contributed by atoms with Crippen LogP contribution in [0.4, 0.5) is 17.1 Å². The summed E-state index contributed by atoms with van der Waals surface area (Å²) in [6.07, 6.45) is 0. The normalized spacial score (nSPS) is 14.6. The highest BCUT2D eigenvalue weighted by molar-refractivity contribution is 6.00. The van der Waals surface area contributed by atoms with E-state index in [1.165, 1.54) is 71.6 Å². The molecule has 0 heterocycles. The van der Waals surface area contributed by atoms with Gasteiger partial charge in [-0.2, -0.15) is 0 Å². The summed E-state index contributed by atoms with van der Waals surface area (Å²) in [5.74, 6) is 0. The van der Waals surface area contributed by atoms with Gasteiger partial charge in [0.05, 0.1) is 5.69 Å². The van der Waals surface area contributed by atoms with Crippen LogP contribution in [0.3, 0.4) is 0 Å². The molecule has 0 N–H and O–H groups in total. The molecule has 250 valence electrons. The van der Waals surface area contributed by atoms with Crippen molar-refractivity contribution >= 4 is 38.6 Å². The first-order valence-corrected chi connectivity index (χ1v) is 18.4. The van der Waals surface area contributed by atoms with E-state index in [2.05, 4.69) is 218 Å². The summed E-state index contributed by atoms with van der Waals surface area (Å²) in [5, 5.41) is 4.95. The second kappa shape index (κ2) is 12.5. The topological polar surface area (TPSA) is 3.24 Å². The zero-order valence-electron chi connectivity index (χ0n) is 29.6. The molecule has 1 heteroatoms. The van der Waals surface area contributed by atoms with E-state index >= 15 is 0 Å². The van der Waals surface area contributed by atoms with Gasteiger partial charge in [-0.05, 0) is 110 Å². The molecule has 0 aromatic heterocycles. The molecule has 0 bridgehead atoms. The lowest BCUT2D eigenvalue weighted by Gasteiger charge is -2.28. The maximum Gasteiger partial charge on any atom is 0.0540 e. The number of nitrogens with zero attached hydrogens (tertiary/aromatic N) is 1. The van der Waals surface area contributed by atoms with Crippen LogP contribution in [-0.2, 0) is 5.41 Å². The van der Waals surface area contributed by atoms with Crippen molar-refractivity contribution in [2.45, 2.75) is 12.3 Å². The molecule has 0 saturated carbocycles. The lowest BCUT2D eigenvalue weighted by atomic mass is 9.74. The Morgan fingerprint density at radius 1 is 0.377 bits per heavy atom. The van der Waals surface area contributed by atoms with Crippen molar-refractivity contribution in [1.29, 1.82) is 0 Å². The molecular weight excluding hydrogens is 639 g/mol. The smallest absolute Gasteiger partial charge is 0.0540 e. The molecule has 0 radical (unpaired) electrons. The van der Waals surface area contributed by atoms with E-state index in [-0.39, 0.29) is 5.41 Å². The van der Waals surface area contributed by atoms with Gasteiger partial charge in [0.15, 0.2) is 0 Å². The average molecular weight is 676 g/mol. The van der Waals surface area contributed by atoms with Crippen LogP contribution in [0.15, 0.2) is 206 Å². The fourth-order valence-electron chi connectivity index (χ4n) is 8.66. The number of rotatable bonds is 6. The first kappa shape index (κ1) is 31.1.